The molecule has 1 amide bonds. The Kier molecular flexibility index (Phi) is 7.38. The second kappa shape index (κ2) is 9.83. The van der Waals surface area contributed by atoms with E-state index in [1.54, 1.807) is 19.1 Å². The lowest BCUT2D eigenvalue weighted by molar-refractivity contribution is -0.122. The normalized spacial score (nSPS) is 15.6. The minimum Gasteiger partial charge on any atom is -0.350 e. The molecule has 1 unspecified atom stereocenters. The third-order valence-electron chi connectivity index (χ3n) is 5.64. The van der Waals surface area contributed by atoms with Gasteiger partial charge < -0.3 is 5.32 Å². The van der Waals surface area contributed by atoms with E-state index in [9.17, 15) is 13.2 Å². The molecule has 1 heterocycles. The van der Waals surface area contributed by atoms with Gasteiger partial charge in [-0.15, -0.1) is 0 Å². The van der Waals surface area contributed by atoms with Crippen molar-refractivity contribution >= 4 is 21.6 Å². The number of anilines is 1. The van der Waals surface area contributed by atoms with Gasteiger partial charge in [0, 0.05) is 13.1 Å². The molecule has 1 fully saturated rings. The summed E-state index contributed by atoms with van der Waals surface area (Å²) in [5.74, 6) is -0.328. The molecular formula is C24H33N3O3S. The Morgan fingerprint density at radius 2 is 1.58 bits per heavy atom. The van der Waals surface area contributed by atoms with Crippen LogP contribution in [0.4, 0.5) is 5.69 Å². The van der Waals surface area contributed by atoms with E-state index >= 15 is 0 Å². The first-order valence-corrected chi connectivity index (χ1v) is 12.6. The third kappa shape index (κ3) is 6.31. The second-order valence-electron chi connectivity index (χ2n) is 8.60. The summed E-state index contributed by atoms with van der Waals surface area (Å²) in [5.41, 5.74) is 4.66. The molecule has 6 nitrogen and oxygen atoms in total. The number of amides is 1. The van der Waals surface area contributed by atoms with Crippen molar-refractivity contribution in [3.63, 3.8) is 0 Å². The maximum absolute atomic E-state index is 12.8. The van der Waals surface area contributed by atoms with Crippen LogP contribution in [0.5, 0.6) is 0 Å². The molecule has 2 aromatic rings. The van der Waals surface area contributed by atoms with Gasteiger partial charge in [-0.1, -0.05) is 30.3 Å². The zero-order chi connectivity index (χ0) is 22.6. The van der Waals surface area contributed by atoms with E-state index in [2.05, 4.69) is 22.3 Å². The summed E-state index contributed by atoms with van der Waals surface area (Å²) in [7, 11) is -3.63. The number of nitrogens with zero attached hydrogens (tertiary/aromatic N) is 2. The number of hydrogen-bond acceptors (Lipinski definition) is 4. The van der Waals surface area contributed by atoms with Gasteiger partial charge in [0.25, 0.3) is 0 Å². The van der Waals surface area contributed by atoms with Crippen molar-refractivity contribution in [2.24, 2.45) is 0 Å². The predicted octanol–water partition coefficient (Wildman–Crippen LogP) is 3.37. The summed E-state index contributed by atoms with van der Waals surface area (Å²) >= 11 is 0. The highest BCUT2D eigenvalue weighted by Crippen LogP contribution is 2.24. The number of sulfonamides is 1. The molecule has 168 valence electrons. The van der Waals surface area contributed by atoms with Gasteiger partial charge in [-0.2, -0.15) is 0 Å². The van der Waals surface area contributed by atoms with Crippen molar-refractivity contribution < 1.29 is 13.2 Å². The zero-order valence-electron chi connectivity index (χ0n) is 18.9. The van der Waals surface area contributed by atoms with Crippen LogP contribution in [0.25, 0.3) is 0 Å². The molecule has 31 heavy (non-hydrogen) atoms. The van der Waals surface area contributed by atoms with Crippen LogP contribution < -0.4 is 9.62 Å². The average Bonchev–Trinajstić information content (AvgIpc) is 3.18. The number of aryl methyl sites for hydroxylation is 2. The highest BCUT2D eigenvalue weighted by Gasteiger charge is 2.29. The van der Waals surface area contributed by atoms with Crippen LogP contribution >= 0.6 is 0 Å². The Balaban J connectivity index is 1.65. The highest BCUT2D eigenvalue weighted by molar-refractivity contribution is 7.92. The van der Waals surface area contributed by atoms with Crippen LogP contribution in [0.3, 0.4) is 0 Å². The predicted molar refractivity (Wildman–Crippen MR) is 126 cm³/mol. The number of carbonyl (C=O) groups excluding carboxylic acids is 1. The van der Waals surface area contributed by atoms with Crippen LogP contribution in [0.2, 0.25) is 0 Å². The molecule has 1 saturated heterocycles. The molecule has 0 spiro atoms. The molecule has 0 radical (unpaired) electrons. The van der Waals surface area contributed by atoms with Crippen LogP contribution in [-0.4, -0.2) is 44.6 Å². The Morgan fingerprint density at radius 3 is 2.13 bits per heavy atom. The maximum atomic E-state index is 12.8. The van der Waals surface area contributed by atoms with Gasteiger partial charge in [0.05, 0.1) is 11.9 Å². The van der Waals surface area contributed by atoms with Crippen LogP contribution in [0.1, 0.15) is 42.0 Å². The molecule has 0 aliphatic carbocycles. The Hall–Kier alpha value is -2.38. The SMILES string of the molecule is Cc1cc(C)cc(N(C(C)C(=O)NCc2ccc(CN3CCCC3)cc2)S(C)(=O)=O)c1. The summed E-state index contributed by atoms with van der Waals surface area (Å²) in [5, 5.41) is 2.89. The number of nitrogens with one attached hydrogen (secondary N) is 1. The molecular weight excluding hydrogens is 410 g/mol. The van der Waals surface area contributed by atoms with Crippen LogP contribution in [-0.2, 0) is 27.9 Å². The van der Waals surface area contributed by atoms with Gasteiger partial charge in [0.1, 0.15) is 6.04 Å². The smallest absolute Gasteiger partial charge is 0.243 e. The number of rotatable bonds is 8. The van der Waals surface area contributed by atoms with E-state index in [1.807, 2.05) is 32.0 Å². The van der Waals surface area contributed by atoms with E-state index in [4.69, 9.17) is 0 Å². The molecule has 0 saturated carbocycles. The van der Waals surface area contributed by atoms with E-state index in [-0.39, 0.29) is 5.91 Å². The van der Waals surface area contributed by atoms with Crippen LogP contribution in [0, 0.1) is 13.8 Å². The Labute approximate surface area is 186 Å². The lowest BCUT2D eigenvalue weighted by atomic mass is 10.1. The molecule has 0 aromatic heterocycles. The second-order valence-corrected chi connectivity index (χ2v) is 10.5. The number of benzene rings is 2. The monoisotopic (exact) mass is 443 g/mol. The topological polar surface area (TPSA) is 69.7 Å². The van der Waals surface area contributed by atoms with Gasteiger partial charge in [0.15, 0.2) is 0 Å². The first-order valence-electron chi connectivity index (χ1n) is 10.8. The van der Waals surface area contributed by atoms with Gasteiger partial charge in [0.2, 0.25) is 15.9 Å². The van der Waals surface area contributed by atoms with Crippen molar-refractivity contribution in [1.29, 1.82) is 0 Å². The molecule has 1 atom stereocenters. The molecule has 0 bridgehead atoms. The van der Waals surface area contributed by atoms with Crippen molar-refractivity contribution in [2.75, 3.05) is 23.7 Å². The minimum absolute atomic E-state index is 0.328. The Bertz CT molecular complexity index is 993. The average molecular weight is 444 g/mol. The maximum Gasteiger partial charge on any atom is 0.243 e. The molecule has 7 heteroatoms. The van der Waals surface area contributed by atoms with E-state index in [0.717, 1.165) is 42.6 Å². The zero-order valence-corrected chi connectivity index (χ0v) is 19.7. The van der Waals surface area contributed by atoms with E-state index < -0.39 is 16.1 Å². The molecule has 1 aliphatic rings. The Morgan fingerprint density at radius 1 is 1.03 bits per heavy atom. The van der Waals surface area contributed by atoms with Gasteiger partial charge >= 0.3 is 0 Å². The lowest BCUT2D eigenvalue weighted by Gasteiger charge is -2.28. The summed E-state index contributed by atoms with van der Waals surface area (Å²) < 4.78 is 26.2. The quantitative estimate of drug-likeness (QED) is 0.679. The highest BCUT2D eigenvalue weighted by atomic mass is 32.2. The van der Waals surface area contributed by atoms with Crippen LogP contribution in [0.15, 0.2) is 42.5 Å². The lowest BCUT2D eigenvalue weighted by Crippen LogP contribution is -2.47. The summed E-state index contributed by atoms with van der Waals surface area (Å²) in [6.45, 7) is 9.08. The fourth-order valence-electron chi connectivity index (χ4n) is 4.19. The molecule has 2 aromatic carbocycles. The number of likely N-dealkylation sites (tertiary alicyclic amines) is 1. The number of carbonyl (C=O) groups is 1. The fraction of sp³-hybridized carbons (Fsp3) is 0.458. The number of hydrogen-bond donors (Lipinski definition) is 1. The largest absolute Gasteiger partial charge is 0.350 e. The standard InChI is InChI=1S/C24H33N3O3S/c1-18-13-19(2)15-23(14-18)27(31(4,29)30)20(3)24(28)25-16-21-7-9-22(10-8-21)17-26-11-5-6-12-26/h7-10,13-15,20H,5-6,11-12,16-17H2,1-4H3,(H,25,28). The minimum atomic E-state index is -3.63. The molecule has 1 aliphatic heterocycles. The van der Waals surface area contributed by atoms with Crippen molar-refractivity contribution in [1.82, 2.24) is 10.2 Å². The van der Waals surface area contributed by atoms with Gasteiger partial charge in [-0.25, -0.2) is 8.42 Å². The third-order valence-corrected chi connectivity index (χ3v) is 6.89. The van der Waals surface area contributed by atoms with Crippen molar-refractivity contribution in [3.05, 3.63) is 64.7 Å². The molecule has 3 rings (SSSR count). The van der Waals surface area contributed by atoms with Crippen molar-refractivity contribution in [2.45, 2.75) is 52.7 Å². The van der Waals surface area contributed by atoms with Gasteiger partial charge in [-0.05, 0) is 81.1 Å². The first-order chi connectivity index (χ1) is 14.6. The fourth-order valence-corrected chi connectivity index (χ4v) is 5.34. The van der Waals surface area contributed by atoms with Gasteiger partial charge in [-0.3, -0.25) is 14.0 Å². The summed E-state index contributed by atoms with van der Waals surface area (Å²) in [4.78, 5) is 15.3. The summed E-state index contributed by atoms with van der Waals surface area (Å²) in [6.07, 6.45) is 3.68. The van der Waals surface area contributed by atoms with E-state index in [1.165, 1.54) is 22.7 Å². The van der Waals surface area contributed by atoms with E-state index in [0.29, 0.717) is 12.2 Å². The van der Waals surface area contributed by atoms with Crippen molar-refractivity contribution in [3.8, 4) is 0 Å². The first kappa shape index (κ1) is 23.3. The molecule has 1 N–H and O–H groups in total. The summed E-state index contributed by atoms with van der Waals surface area (Å²) in [6, 6.07) is 12.9.